The molecule has 0 amide bonds. The topological polar surface area (TPSA) is 40.5 Å². The van der Waals surface area contributed by atoms with Gasteiger partial charge in [-0.3, -0.25) is 0 Å². The Hall–Kier alpha value is -3.86. The molecule has 1 aliphatic rings. The number of hydrogen-bond donors (Lipinski definition) is 2. The van der Waals surface area contributed by atoms with Crippen LogP contribution in [-0.2, 0) is 22.3 Å². The first-order chi connectivity index (χ1) is 25.8. The number of thioether (sulfide) groups is 2. The van der Waals surface area contributed by atoms with Crippen LogP contribution in [0.15, 0.2) is 109 Å². The molecule has 6 aromatic rings. The average Bonchev–Trinajstić information content (AvgIpc) is 3.14. The lowest BCUT2D eigenvalue weighted by Gasteiger charge is -2.30. The Morgan fingerprint density at radius 1 is 0.481 bits per heavy atom. The van der Waals surface area contributed by atoms with E-state index in [2.05, 4.69) is 151 Å². The van der Waals surface area contributed by atoms with E-state index in [0.29, 0.717) is 22.0 Å². The number of phenols is 2. The van der Waals surface area contributed by atoms with Gasteiger partial charge in [0.1, 0.15) is 11.5 Å². The molecule has 54 heavy (non-hydrogen) atoms. The molecule has 0 spiro atoms. The summed E-state index contributed by atoms with van der Waals surface area (Å²) in [4.78, 5) is 0. The Morgan fingerprint density at radius 2 is 0.870 bits per heavy atom. The smallest absolute Gasteiger partial charge is 0.127 e. The van der Waals surface area contributed by atoms with Crippen molar-refractivity contribution in [2.75, 3.05) is 0 Å². The molecule has 7 rings (SSSR count). The molecule has 1 saturated carbocycles. The Kier molecular flexibility index (Phi) is 11.4. The summed E-state index contributed by atoms with van der Waals surface area (Å²) in [5.74, 6) is 2.36. The fraction of sp³-hybridized carbons (Fsp3) is 0.360. The zero-order valence-electron chi connectivity index (χ0n) is 32.9. The first-order valence-electron chi connectivity index (χ1n) is 19.8. The molecule has 4 heteroatoms. The summed E-state index contributed by atoms with van der Waals surface area (Å²) < 4.78 is 0. The quantitative estimate of drug-likeness (QED) is 0.162. The molecule has 0 saturated heterocycles. The third-order valence-electron chi connectivity index (χ3n) is 11.3. The van der Waals surface area contributed by atoms with Crippen LogP contribution < -0.4 is 0 Å². The van der Waals surface area contributed by atoms with Crippen molar-refractivity contribution in [1.29, 1.82) is 0 Å². The van der Waals surface area contributed by atoms with Crippen molar-refractivity contribution in [3.63, 3.8) is 0 Å². The minimum atomic E-state index is -0.0490. The summed E-state index contributed by atoms with van der Waals surface area (Å²) in [7, 11) is 0. The molecule has 280 valence electrons. The molecule has 1 fully saturated rings. The van der Waals surface area contributed by atoms with Crippen LogP contribution in [0.2, 0.25) is 0 Å². The average molecular weight is 753 g/mol. The van der Waals surface area contributed by atoms with Gasteiger partial charge in [0.25, 0.3) is 0 Å². The van der Waals surface area contributed by atoms with E-state index in [1.165, 1.54) is 71.2 Å². The SMILES string of the molecule is CC(C)(C)c1cc(CSC2CCCCCCC2SCc2cc(C(C)(C)C)cc(-c3ccc4ccccc4c3)c2O)c(O)c(-c2ccc3ccccc3c2)c1. The highest BCUT2D eigenvalue weighted by atomic mass is 32.2. The number of rotatable bonds is 8. The molecule has 0 radical (unpaired) electrons. The van der Waals surface area contributed by atoms with Crippen LogP contribution in [0.25, 0.3) is 43.8 Å². The van der Waals surface area contributed by atoms with Gasteiger partial charge in [-0.1, -0.05) is 152 Å². The third-order valence-corrected chi connectivity index (χ3v) is 14.4. The minimum absolute atomic E-state index is 0.0490. The second-order valence-corrected chi connectivity index (χ2v) is 19.8. The Balaban J connectivity index is 1.17. The summed E-state index contributed by atoms with van der Waals surface area (Å²) in [6.45, 7) is 13.6. The Bertz CT molecular complexity index is 2100. The molecule has 1 aliphatic carbocycles. The van der Waals surface area contributed by atoms with Gasteiger partial charge in [-0.25, -0.2) is 0 Å². The number of hydrogen-bond acceptors (Lipinski definition) is 4. The van der Waals surface area contributed by atoms with Crippen molar-refractivity contribution in [2.24, 2.45) is 0 Å². The highest BCUT2D eigenvalue weighted by molar-refractivity contribution is 8.03. The zero-order chi connectivity index (χ0) is 38.0. The normalized spacial score (nSPS) is 17.1. The summed E-state index contributed by atoms with van der Waals surface area (Å²) in [6, 6.07) is 38.9. The Morgan fingerprint density at radius 3 is 1.26 bits per heavy atom. The van der Waals surface area contributed by atoms with Crippen LogP contribution in [0.3, 0.4) is 0 Å². The van der Waals surface area contributed by atoms with Gasteiger partial charge >= 0.3 is 0 Å². The monoisotopic (exact) mass is 752 g/mol. The van der Waals surface area contributed by atoms with E-state index in [1.807, 2.05) is 23.5 Å². The lowest BCUT2D eigenvalue weighted by Crippen LogP contribution is -2.22. The first-order valence-corrected chi connectivity index (χ1v) is 21.9. The standard InChI is InChI=1S/C50H56O2S2/c1-49(2,3)41-27-39(47(51)43(29-41)37-23-21-33-15-11-13-17-35(33)25-37)31-53-45-19-9-7-8-10-20-46(45)54-32-40-28-42(50(4,5)6)30-44(48(40)52)38-24-22-34-16-12-14-18-36(34)26-38/h11-18,21-30,45-46,51-52H,7-10,19-20,31-32H2,1-6H3. The maximum Gasteiger partial charge on any atom is 0.127 e. The van der Waals surface area contributed by atoms with Crippen LogP contribution in [0, 0.1) is 0 Å². The lowest BCUT2D eigenvalue weighted by molar-refractivity contribution is 0.470. The van der Waals surface area contributed by atoms with Crippen molar-refractivity contribution in [3.05, 3.63) is 131 Å². The predicted molar refractivity (Wildman–Crippen MR) is 237 cm³/mol. The minimum Gasteiger partial charge on any atom is -0.507 e. The van der Waals surface area contributed by atoms with E-state index in [-0.39, 0.29) is 10.8 Å². The van der Waals surface area contributed by atoms with E-state index in [4.69, 9.17) is 0 Å². The predicted octanol–water partition coefficient (Wildman–Crippen LogP) is 14.6. The molecular weight excluding hydrogens is 697 g/mol. The lowest BCUT2D eigenvalue weighted by atomic mass is 9.83. The number of phenolic OH excluding ortho intramolecular Hbond substituents is 2. The van der Waals surface area contributed by atoms with Crippen LogP contribution in [0.1, 0.15) is 102 Å². The number of aromatic hydroxyl groups is 2. The number of benzene rings is 6. The fourth-order valence-electron chi connectivity index (χ4n) is 7.82. The summed E-state index contributed by atoms with van der Waals surface area (Å²) in [5, 5.41) is 29.5. The molecule has 2 unspecified atom stereocenters. The molecule has 0 aliphatic heterocycles. The van der Waals surface area contributed by atoms with Gasteiger partial charge in [0.15, 0.2) is 0 Å². The van der Waals surface area contributed by atoms with E-state index in [9.17, 15) is 10.2 Å². The van der Waals surface area contributed by atoms with Crippen molar-refractivity contribution >= 4 is 45.1 Å². The van der Waals surface area contributed by atoms with Gasteiger partial charge in [-0.15, -0.1) is 0 Å². The highest BCUT2D eigenvalue weighted by Crippen LogP contribution is 2.45. The first kappa shape index (κ1) is 38.4. The molecule has 0 bridgehead atoms. The molecule has 2 nitrogen and oxygen atoms in total. The fourth-order valence-corrected chi connectivity index (χ4v) is 10.9. The van der Waals surface area contributed by atoms with Gasteiger partial charge in [0.05, 0.1) is 0 Å². The molecule has 0 heterocycles. The van der Waals surface area contributed by atoms with Crippen LogP contribution in [0.5, 0.6) is 11.5 Å². The van der Waals surface area contributed by atoms with Gasteiger partial charge in [0.2, 0.25) is 0 Å². The highest BCUT2D eigenvalue weighted by Gasteiger charge is 2.27. The van der Waals surface area contributed by atoms with E-state index in [1.54, 1.807) is 0 Å². The van der Waals surface area contributed by atoms with Crippen molar-refractivity contribution < 1.29 is 10.2 Å². The molecule has 6 aromatic carbocycles. The largest absolute Gasteiger partial charge is 0.507 e. The summed E-state index contributed by atoms with van der Waals surface area (Å²) in [5.41, 5.74) is 8.41. The van der Waals surface area contributed by atoms with Gasteiger partial charge < -0.3 is 10.2 Å². The van der Waals surface area contributed by atoms with Crippen molar-refractivity contribution in [1.82, 2.24) is 0 Å². The molecule has 2 atom stereocenters. The van der Waals surface area contributed by atoms with Crippen molar-refractivity contribution in [3.8, 4) is 33.8 Å². The maximum absolute atomic E-state index is 11.9. The maximum atomic E-state index is 11.9. The Labute approximate surface area is 331 Å². The van der Waals surface area contributed by atoms with Crippen LogP contribution in [0.4, 0.5) is 0 Å². The molecule has 2 N–H and O–H groups in total. The van der Waals surface area contributed by atoms with Crippen LogP contribution in [-0.4, -0.2) is 20.7 Å². The summed E-state index contributed by atoms with van der Waals surface area (Å²) in [6.07, 6.45) is 7.40. The van der Waals surface area contributed by atoms with Gasteiger partial charge in [-0.05, 0) is 91.7 Å². The number of fused-ring (bicyclic) bond motifs is 2. The van der Waals surface area contributed by atoms with Gasteiger partial charge in [-0.2, -0.15) is 23.5 Å². The second-order valence-electron chi connectivity index (χ2n) is 17.4. The third kappa shape index (κ3) is 8.66. The van der Waals surface area contributed by atoms with Crippen LogP contribution >= 0.6 is 23.5 Å². The molecule has 0 aromatic heterocycles. The van der Waals surface area contributed by atoms with E-state index >= 15 is 0 Å². The van der Waals surface area contributed by atoms with Gasteiger partial charge in [0, 0.05) is 44.3 Å². The van der Waals surface area contributed by atoms with E-state index < -0.39 is 0 Å². The van der Waals surface area contributed by atoms with Crippen molar-refractivity contribution in [2.45, 2.75) is 113 Å². The van der Waals surface area contributed by atoms with E-state index in [0.717, 1.165) is 44.9 Å². The molecular formula is C50H56O2S2. The zero-order valence-corrected chi connectivity index (χ0v) is 34.5. The summed E-state index contributed by atoms with van der Waals surface area (Å²) >= 11 is 4.05. The second kappa shape index (κ2) is 16.1.